The molecule has 1 N–H and O–H groups in total. The lowest BCUT2D eigenvalue weighted by Gasteiger charge is -2.35. The van der Waals surface area contributed by atoms with Gasteiger partial charge in [0.1, 0.15) is 0 Å². The van der Waals surface area contributed by atoms with Gasteiger partial charge in [0, 0.05) is 13.1 Å². The smallest absolute Gasteiger partial charge is 0.241 e. The first-order chi connectivity index (χ1) is 9.58. The molecule has 2 rings (SSSR count). The van der Waals surface area contributed by atoms with Crippen molar-refractivity contribution in [3.8, 4) is 0 Å². The van der Waals surface area contributed by atoms with Crippen molar-refractivity contribution in [1.82, 2.24) is 9.80 Å². The van der Waals surface area contributed by atoms with Crippen molar-refractivity contribution >= 4 is 23.2 Å². The number of likely N-dealkylation sites (N-methyl/N-ethyl adjacent to an activating group) is 1. The second-order valence-corrected chi connectivity index (χ2v) is 5.78. The monoisotopic (exact) mass is 295 g/mol. The molecule has 1 aromatic carbocycles. The zero-order valence-corrected chi connectivity index (χ0v) is 12.9. The molecular weight excluding hydrogens is 274 g/mol. The van der Waals surface area contributed by atoms with Gasteiger partial charge in [-0.1, -0.05) is 23.7 Å². The number of nitrogens with zero attached hydrogens (tertiary/aromatic N) is 2. The van der Waals surface area contributed by atoms with E-state index >= 15 is 0 Å². The van der Waals surface area contributed by atoms with Crippen molar-refractivity contribution in [2.75, 3.05) is 39.0 Å². The van der Waals surface area contributed by atoms with Crippen LogP contribution in [0.2, 0.25) is 5.02 Å². The van der Waals surface area contributed by atoms with E-state index in [-0.39, 0.29) is 12.5 Å². The third kappa shape index (κ3) is 3.87. The third-order valence-electron chi connectivity index (χ3n) is 3.93. The summed E-state index contributed by atoms with van der Waals surface area (Å²) in [5, 5.41) is 3.75. The van der Waals surface area contributed by atoms with Crippen molar-refractivity contribution in [3.05, 3.63) is 29.3 Å². The minimum Gasteiger partial charge on any atom is -0.375 e. The first kappa shape index (κ1) is 15.1. The van der Waals surface area contributed by atoms with E-state index in [2.05, 4.69) is 17.3 Å². The number of para-hydroxylation sites is 1. The molecule has 0 radical (unpaired) electrons. The highest BCUT2D eigenvalue weighted by molar-refractivity contribution is 6.33. The number of piperidine rings is 1. The molecule has 0 bridgehead atoms. The number of hydrogen-bond acceptors (Lipinski definition) is 3. The zero-order valence-electron chi connectivity index (χ0n) is 12.1. The summed E-state index contributed by atoms with van der Waals surface area (Å²) in [7, 11) is 4.02. The fourth-order valence-corrected chi connectivity index (χ4v) is 2.69. The molecule has 0 saturated carbocycles. The molecule has 4 nitrogen and oxygen atoms in total. The number of likely N-dealkylation sites (tertiary alicyclic amines) is 1. The van der Waals surface area contributed by atoms with Crippen LogP contribution in [0.1, 0.15) is 12.8 Å². The summed E-state index contributed by atoms with van der Waals surface area (Å²) in [5.41, 5.74) is 0.805. The minimum atomic E-state index is 0.111. The Morgan fingerprint density at radius 3 is 2.70 bits per heavy atom. The van der Waals surface area contributed by atoms with Gasteiger partial charge in [-0.15, -0.1) is 0 Å². The van der Waals surface area contributed by atoms with Crippen molar-refractivity contribution < 1.29 is 4.79 Å². The summed E-state index contributed by atoms with van der Waals surface area (Å²) in [5.74, 6) is 0.111. The van der Waals surface area contributed by atoms with Crippen molar-refractivity contribution in [3.63, 3.8) is 0 Å². The molecule has 1 fully saturated rings. The summed E-state index contributed by atoms with van der Waals surface area (Å²) < 4.78 is 0. The van der Waals surface area contributed by atoms with E-state index in [1.54, 1.807) is 0 Å². The molecule has 1 aliphatic rings. The maximum Gasteiger partial charge on any atom is 0.241 e. The van der Waals surface area contributed by atoms with E-state index in [1.807, 2.05) is 36.2 Å². The second kappa shape index (κ2) is 6.95. The molecule has 5 heteroatoms. The SMILES string of the molecule is CN1CCC(N(C)C(=O)CNc2ccccc2Cl)CC1. The van der Waals surface area contributed by atoms with Crippen LogP contribution in [0.4, 0.5) is 5.69 Å². The Morgan fingerprint density at radius 1 is 1.40 bits per heavy atom. The minimum absolute atomic E-state index is 0.111. The van der Waals surface area contributed by atoms with Crippen molar-refractivity contribution in [2.45, 2.75) is 18.9 Å². The van der Waals surface area contributed by atoms with Crippen LogP contribution in [-0.2, 0) is 4.79 Å². The van der Waals surface area contributed by atoms with Crippen LogP contribution < -0.4 is 5.32 Å². The van der Waals surface area contributed by atoms with Crippen LogP contribution in [-0.4, -0.2) is 55.5 Å². The van der Waals surface area contributed by atoms with Gasteiger partial charge in [0.25, 0.3) is 0 Å². The van der Waals surface area contributed by atoms with E-state index in [9.17, 15) is 4.79 Å². The van der Waals surface area contributed by atoms with E-state index in [1.165, 1.54) is 0 Å². The largest absolute Gasteiger partial charge is 0.375 e. The third-order valence-corrected chi connectivity index (χ3v) is 4.26. The number of benzene rings is 1. The topological polar surface area (TPSA) is 35.6 Å². The molecule has 0 unspecified atom stereocenters. The predicted octanol–water partition coefficient (Wildman–Crippen LogP) is 2.30. The lowest BCUT2D eigenvalue weighted by Crippen LogP contribution is -2.46. The highest BCUT2D eigenvalue weighted by Gasteiger charge is 2.23. The molecular formula is C15H22ClN3O. The molecule has 0 atom stereocenters. The Morgan fingerprint density at radius 2 is 2.05 bits per heavy atom. The van der Waals surface area contributed by atoms with Crippen LogP contribution in [0.15, 0.2) is 24.3 Å². The molecule has 0 aromatic heterocycles. The maximum absolute atomic E-state index is 12.2. The number of rotatable bonds is 4. The van der Waals surface area contributed by atoms with Crippen molar-refractivity contribution in [1.29, 1.82) is 0 Å². The van der Waals surface area contributed by atoms with Gasteiger partial charge in [0.15, 0.2) is 0 Å². The van der Waals surface area contributed by atoms with Crippen LogP contribution in [0, 0.1) is 0 Å². The van der Waals surface area contributed by atoms with Gasteiger partial charge in [0.05, 0.1) is 17.3 Å². The maximum atomic E-state index is 12.2. The highest BCUT2D eigenvalue weighted by Crippen LogP contribution is 2.20. The second-order valence-electron chi connectivity index (χ2n) is 5.37. The zero-order chi connectivity index (χ0) is 14.5. The van der Waals surface area contributed by atoms with Gasteiger partial charge in [0.2, 0.25) is 5.91 Å². The van der Waals surface area contributed by atoms with Crippen LogP contribution in [0.25, 0.3) is 0 Å². The Bertz CT molecular complexity index is 458. The Hall–Kier alpha value is -1.26. The van der Waals surface area contributed by atoms with Crippen LogP contribution in [0.3, 0.4) is 0 Å². The average Bonchev–Trinajstić information content (AvgIpc) is 2.46. The number of amides is 1. The quantitative estimate of drug-likeness (QED) is 0.926. The van der Waals surface area contributed by atoms with Crippen LogP contribution in [0.5, 0.6) is 0 Å². The average molecular weight is 296 g/mol. The van der Waals surface area contributed by atoms with E-state index < -0.39 is 0 Å². The number of hydrogen-bond donors (Lipinski definition) is 1. The number of carbonyl (C=O) groups is 1. The first-order valence-electron chi connectivity index (χ1n) is 7.00. The molecule has 0 spiro atoms. The molecule has 20 heavy (non-hydrogen) atoms. The summed E-state index contributed by atoms with van der Waals surface area (Å²) in [4.78, 5) is 16.4. The standard InChI is InChI=1S/C15H22ClN3O/c1-18-9-7-12(8-10-18)19(2)15(20)11-17-14-6-4-3-5-13(14)16/h3-6,12,17H,7-11H2,1-2H3. The normalized spacial score (nSPS) is 16.9. The number of halogens is 1. The lowest BCUT2D eigenvalue weighted by atomic mass is 10.0. The lowest BCUT2D eigenvalue weighted by molar-refractivity contribution is -0.130. The van der Waals surface area contributed by atoms with Gasteiger partial charge >= 0.3 is 0 Å². The van der Waals surface area contributed by atoms with E-state index in [0.29, 0.717) is 11.1 Å². The molecule has 1 heterocycles. The van der Waals surface area contributed by atoms with Crippen LogP contribution >= 0.6 is 11.6 Å². The Balaban J connectivity index is 1.84. The number of anilines is 1. The van der Waals surface area contributed by atoms with Gasteiger partial charge in [-0.05, 0) is 45.1 Å². The molecule has 1 aromatic rings. The molecule has 1 amide bonds. The fraction of sp³-hybridized carbons (Fsp3) is 0.533. The molecule has 110 valence electrons. The predicted molar refractivity (Wildman–Crippen MR) is 83.2 cm³/mol. The van der Waals surface area contributed by atoms with E-state index in [4.69, 9.17) is 11.6 Å². The molecule has 1 saturated heterocycles. The van der Waals surface area contributed by atoms with Crippen molar-refractivity contribution in [2.24, 2.45) is 0 Å². The van der Waals surface area contributed by atoms with Gasteiger partial charge in [-0.3, -0.25) is 4.79 Å². The summed E-state index contributed by atoms with van der Waals surface area (Å²) >= 11 is 6.06. The molecule has 1 aliphatic heterocycles. The summed E-state index contributed by atoms with van der Waals surface area (Å²) in [6.45, 7) is 2.40. The Labute approximate surface area is 125 Å². The summed E-state index contributed by atoms with van der Waals surface area (Å²) in [6, 6.07) is 7.83. The van der Waals surface area contributed by atoms with Gasteiger partial charge < -0.3 is 15.1 Å². The fourth-order valence-electron chi connectivity index (χ4n) is 2.49. The highest BCUT2D eigenvalue weighted by atomic mass is 35.5. The number of nitrogens with one attached hydrogen (secondary N) is 1. The van der Waals surface area contributed by atoms with Gasteiger partial charge in [-0.25, -0.2) is 0 Å². The van der Waals surface area contributed by atoms with Gasteiger partial charge in [-0.2, -0.15) is 0 Å². The first-order valence-corrected chi connectivity index (χ1v) is 7.38. The Kier molecular flexibility index (Phi) is 5.26. The summed E-state index contributed by atoms with van der Waals surface area (Å²) in [6.07, 6.45) is 2.09. The number of carbonyl (C=O) groups excluding carboxylic acids is 1. The van der Waals surface area contributed by atoms with E-state index in [0.717, 1.165) is 31.6 Å². The molecule has 0 aliphatic carbocycles.